The fraction of sp³-hybridized carbons (Fsp3) is 0.286. The minimum atomic E-state index is -0.280. The maximum absolute atomic E-state index is 12.7. The zero-order valence-corrected chi connectivity index (χ0v) is 16.3. The van der Waals surface area contributed by atoms with Gasteiger partial charge in [0.15, 0.2) is 0 Å². The van der Waals surface area contributed by atoms with Gasteiger partial charge in [-0.1, -0.05) is 0 Å². The highest BCUT2D eigenvalue weighted by Gasteiger charge is 2.18. The SMILES string of the molecule is CCNC(=O)c1ccc(NC(=O)c2ccc3c(c2)NC(=O)CCN3C)c(C)c1. The summed E-state index contributed by atoms with van der Waals surface area (Å²) < 4.78 is 0. The first kappa shape index (κ1) is 19.4. The van der Waals surface area contributed by atoms with Crippen LogP contribution in [0.25, 0.3) is 0 Å². The second-order valence-electron chi connectivity index (χ2n) is 6.79. The van der Waals surface area contributed by atoms with E-state index in [1.165, 1.54) is 0 Å². The molecule has 2 aromatic rings. The summed E-state index contributed by atoms with van der Waals surface area (Å²) in [7, 11) is 1.92. The molecule has 28 heavy (non-hydrogen) atoms. The lowest BCUT2D eigenvalue weighted by atomic mass is 10.1. The highest BCUT2D eigenvalue weighted by Crippen LogP contribution is 2.29. The zero-order chi connectivity index (χ0) is 20.3. The molecule has 3 rings (SSSR count). The third-order valence-corrected chi connectivity index (χ3v) is 4.69. The number of carbonyl (C=O) groups excluding carboxylic acids is 3. The molecule has 146 valence electrons. The lowest BCUT2D eigenvalue weighted by Gasteiger charge is -2.19. The third-order valence-electron chi connectivity index (χ3n) is 4.69. The van der Waals surface area contributed by atoms with E-state index in [0.29, 0.717) is 42.0 Å². The molecule has 1 aliphatic rings. The summed E-state index contributed by atoms with van der Waals surface area (Å²) >= 11 is 0. The van der Waals surface area contributed by atoms with Crippen molar-refractivity contribution in [2.45, 2.75) is 20.3 Å². The summed E-state index contributed by atoms with van der Waals surface area (Å²) in [6.07, 6.45) is 0.407. The Labute approximate surface area is 164 Å². The van der Waals surface area contributed by atoms with Gasteiger partial charge in [0.25, 0.3) is 11.8 Å². The molecule has 0 unspecified atom stereocenters. The molecular weight excluding hydrogens is 356 g/mol. The number of rotatable bonds is 4. The standard InChI is InChI=1S/C21H24N4O3/c1-4-22-20(27)14-5-7-16(13(2)11-14)24-21(28)15-6-8-18-17(12-15)23-19(26)9-10-25(18)3/h5-8,11-12H,4,9-10H2,1-3H3,(H,22,27)(H,23,26)(H,24,28). The van der Waals surface area contributed by atoms with E-state index in [1.54, 1.807) is 30.3 Å². The maximum atomic E-state index is 12.7. The lowest BCUT2D eigenvalue weighted by Crippen LogP contribution is -2.22. The number of nitrogens with zero attached hydrogens (tertiary/aromatic N) is 1. The van der Waals surface area contributed by atoms with Gasteiger partial charge in [0.1, 0.15) is 0 Å². The van der Waals surface area contributed by atoms with Crippen LogP contribution in [-0.4, -0.2) is 37.9 Å². The molecule has 2 aromatic carbocycles. The predicted octanol–water partition coefficient (Wildman–Crippen LogP) is 2.78. The number of hydrogen-bond donors (Lipinski definition) is 3. The fourth-order valence-corrected chi connectivity index (χ4v) is 3.11. The Morgan fingerprint density at radius 1 is 1.11 bits per heavy atom. The molecule has 0 radical (unpaired) electrons. The largest absolute Gasteiger partial charge is 0.372 e. The van der Waals surface area contributed by atoms with Crippen LogP contribution in [0.15, 0.2) is 36.4 Å². The van der Waals surface area contributed by atoms with Crippen molar-refractivity contribution in [3.05, 3.63) is 53.1 Å². The molecule has 0 saturated heterocycles. The smallest absolute Gasteiger partial charge is 0.255 e. The molecule has 0 atom stereocenters. The van der Waals surface area contributed by atoms with Crippen LogP contribution in [-0.2, 0) is 4.79 Å². The second kappa shape index (κ2) is 8.12. The Morgan fingerprint density at radius 2 is 1.82 bits per heavy atom. The Bertz CT molecular complexity index is 939. The fourth-order valence-electron chi connectivity index (χ4n) is 3.11. The summed E-state index contributed by atoms with van der Waals surface area (Å²) in [5.74, 6) is -0.494. The molecule has 7 heteroatoms. The predicted molar refractivity (Wildman–Crippen MR) is 110 cm³/mol. The van der Waals surface area contributed by atoms with E-state index in [0.717, 1.165) is 11.3 Å². The van der Waals surface area contributed by atoms with Crippen molar-refractivity contribution in [3.63, 3.8) is 0 Å². The minimum absolute atomic E-state index is 0.0695. The lowest BCUT2D eigenvalue weighted by molar-refractivity contribution is -0.115. The van der Waals surface area contributed by atoms with E-state index < -0.39 is 0 Å². The average Bonchev–Trinajstić information content (AvgIpc) is 2.81. The van der Waals surface area contributed by atoms with E-state index in [9.17, 15) is 14.4 Å². The van der Waals surface area contributed by atoms with Crippen LogP contribution >= 0.6 is 0 Å². The van der Waals surface area contributed by atoms with Crippen LogP contribution in [0.3, 0.4) is 0 Å². The molecule has 1 heterocycles. The molecule has 0 bridgehead atoms. The molecule has 0 saturated carbocycles. The summed E-state index contributed by atoms with van der Waals surface area (Å²) in [5, 5.41) is 8.47. The van der Waals surface area contributed by atoms with Gasteiger partial charge in [-0.05, 0) is 55.8 Å². The Kier molecular flexibility index (Phi) is 5.63. The first-order valence-corrected chi connectivity index (χ1v) is 9.24. The molecule has 0 fully saturated rings. The summed E-state index contributed by atoms with van der Waals surface area (Å²) in [4.78, 5) is 38.5. The van der Waals surface area contributed by atoms with Crippen LogP contribution < -0.4 is 20.9 Å². The van der Waals surface area contributed by atoms with Crippen LogP contribution in [0.1, 0.15) is 39.6 Å². The van der Waals surface area contributed by atoms with E-state index in [1.807, 2.05) is 31.9 Å². The van der Waals surface area contributed by atoms with Gasteiger partial charge >= 0.3 is 0 Å². The van der Waals surface area contributed by atoms with Gasteiger partial charge in [-0.15, -0.1) is 0 Å². The van der Waals surface area contributed by atoms with Gasteiger partial charge in [-0.25, -0.2) is 0 Å². The third kappa shape index (κ3) is 4.14. The zero-order valence-electron chi connectivity index (χ0n) is 16.3. The van der Waals surface area contributed by atoms with Crippen LogP contribution in [0.5, 0.6) is 0 Å². The molecule has 7 nitrogen and oxygen atoms in total. The Morgan fingerprint density at radius 3 is 2.54 bits per heavy atom. The molecule has 0 spiro atoms. The number of anilines is 3. The first-order valence-electron chi connectivity index (χ1n) is 9.24. The number of hydrogen-bond acceptors (Lipinski definition) is 4. The Hall–Kier alpha value is -3.35. The minimum Gasteiger partial charge on any atom is -0.372 e. The van der Waals surface area contributed by atoms with Gasteiger partial charge in [-0.3, -0.25) is 14.4 Å². The molecule has 1 aliphatic heterocycles. The quantitative estimate of drug-likeness (QED) is 0.761. The van der Waals surface area contributed by atoms with E-state index in [2.05, 4.69) is 16.0 Å². The van der Waals surface area contributed by atoms with Crippen molar-refractivity contribution in [3.8, 4) is 0 Å². The normalized spacial score (nSPS) is 13.2. The topological polar surface area (TPSA) is 90.5 Å². The molecule has 0 aromatic heterocycles. The number of carbonyl (C=O) groups is 3. The van der Waals surface area contributed by atoms with Gasteiger partial charge in [0, 0.05) is 43.4 Å². The highest BCUT2D eigenvalue weighted by atomic mass is 16.2. The van der Waals surface area contributed by atoms with E-state index >= 15 is 0 Å². The monoisotopic (exact) mass is 380 g/mol. The van der Waals surface area contributed by atoms with Gasteiger partial charge in [0.05, 0.1) is 11.4 Å². The number of fused-ring (bicyclic) bond motifs is 1. The number of benzene rings is 2. The number of aryl methyl sites for hydroxylation is 1. The van der Waals surface area contributed by atoms with Crippen molar-refractivity contribution in [1.29, 1.82) is 0 Å². The first-order chi connectivity index (χ1) is 13.4. The van der Waals surface area contributed by atoms with Gasteiger partial charge < -0.3 is 20.9 Å². The van der Waals surface area contributed by atoms with Gasteiger partial charge in [0.2, 0.25) is 5.91 Å². The average molecular weight is 380 g/mol. The summed E-state index contributed by atoms with van der Waals surface area (Å²) in [6, 6.07) is 10.4. The highest BCUT2D eigenvalue weighted by molar-refractivity contribution is 6.07. The van der Waals surface area contributed by atoms with E-state index in [-0.39, 0.29) is 17.7 Å². The van der Waals surface area contributed by atoms with Crippen LogP contribution in [0.4, 0.5) is 17.1 Å². The van der Waals surface area contributed by atoms with E-state index in [4.69, 9.17) is 0 Å². The summed E-state index contributed by atoms with van der Waals surface area (Å²) in [6.45, 7) is 4.88. The van der Waals surface area contributed by atoms with Crippen molar-refractivity contribution >= 4 is 34.8 Å². The van der Waals surface area contributed by atoms with Crippen molar-refractivity contribution in [2.24, 2.45) is 0 Å². The molecule has 3 amide bonds. The maximum Gasteiger partial charge on any atom is 0.255 e. The summed E-state index contributed by atoms with van der Waals surface area (Å²) in [5.41, 5.74) is 3.93. The Balaban J connectivity index is 1.80. The van der Waals surface area contributed by atoms with Crippen molar-refractivity contribution < 1.29 is 14.4 Å². The molecule has 0 aliphatic carbocycles. The molecule has 3 N–H and O–H groups in total. The number of amides is 3. The van der Waals surface area contributed by atoms with Crippen molar-refractivity contribution in [2.75, 3.05) is 35.7 Å². The number of nitrogens with one attached hydrogen (secondary N) is 3. The van der Waals surface area contributed by atoms with Gasteiger partial charge in [-0.2, -0.15) is 0 Å². The van der Waals surface area contributed by atoms with Crippen molar-refractivity contribution in [1.82, 2.24) is 5.32 Å². The van der Waals surface area contributed by atoms with Crippen LogP contribution in [0, 0.1) is 6.92 Å². The second-order valence-corrected chi connectivity index (χ2v) is 6.79. The van der Waals surface area contributed by atoms with Crippen LogP contribution in [0.2, 0.25) is 0 Å². The molecular formula is C21H24N4O3.